The van der Waals surface area contributed by atoms with Gasteiger partial charge in [-0.3, -0.25) is 0 Å². The zero-order valence-corrected chi connectivity index (χ0v) is 11.8. The maximum atomic E-state index is 3.74. The predicted molar refractivity (Wildman–Crippen MR) is 71.6 cm³/mol. The van der Waals surface area contributed by atoms with E-state index < -0.39 is 0 Å². The summed E-state index contributed by atoms with van der Waals surface area (Å²) in [5, 5.41) is 3.74. The first-order chi connectivity index (χ1) is 6.79. The molecule has 0 aromatic rings. The Morgan fingerprint density at radius 1 is 1.20 bits per heavy atom. The fraction of sp³-hybridized carbons (Fsp3) is 1.00. The standard InChI is InChI=1S/C13H27NS/c1-12(2,3)10-13(4,5)14-8-11-6-7-15-9-11/h11,14H,6-10H2,1-5H3. The van der Waals surface area contributed by atoms with Crippen molar-refractivity contribution in [1.82, 2.24) is 5.32 Å². The van der Waals surface area contributed by atoms with Crippen molar-refractivity contribution in [2.45, 2.75) is 53.0 Å². The molecule has 1 saturated heterocycles. The molecule has 0 amide bonds. The molecule has 0 bridgehead atoms. The molecule has 0 spiro atoms. The molecule has 0 saturated carbocycles. The van der Waals surface area contributed by atoms with Gasteiger partial charge in [-0.2, -0.15) is 11.8 Å². The van der Waals surface area contributed by atoms with Gasteiger partial charge in [0.2, 0.25) is 0 Å². The van der Waals surface area contributed by atoms with Crippen molar-refractivity contribution in [2.75, 3.05) is 18.1 Å². The van der Waals surface area contributed by atoms with Crippen molar-refractivity contribution in [3.63, 3.8) is 0 Å². The van der Waals surface area contributed by atoms with Gasteiger partial charge in [-0.25, -0.2) is 0 Å². The van der Waals surface area contributed by atoms with E-state index in [2.05, 4.69) is 51.7 Å². The highest BCUT2D eigenvalue weighted by Gasteiger charge is 2.26. The van der Waals surface area contributed by atoms with Gasteiger partial charge in [0.1, 0.15) is 0 Å². The first-order valence-corrected chi connectivity index (χ1v) is 7.27. The summed E-state index contributed by atoms with van der Waals surface area (Å²) in [4.78, 5) is 0. The lowest BCUT2D eigenvalue weighted by atomic mass is 9.81. The molecule has 1 unspecified atom stereocenters. The van der Waals surface area contributed by atoms with Crippen LogP contribution in [0.1, 0.15) is 47.5 Å². The van der Waals surface area contributed by atoms with E-state index in [1.165, 1.54) is 30.9 Å². The SMILES string of the molecule is CC(C)(C)CC(C)(C)NCC1CCSC1. The average Bonchev–Trinajstić information content (AvgIpc) is 2.47. The molecule has 0 aliphatic carbocycles. The minimum Gasteiger partial charge on any atom is -0.311 e. The van der Waals surface area contributed by atoms with Gasteiger partial charge in [0.15, 0.2) is 0 Å². The van der Waals surface area contributed by atoms with Gasteiger partial charge >= 0.3 is 0 Å². The van der Waals surface area contributed by atoms with Gasteiger partial charge in [-0.05, 0) is 56.1 Å². The summed E-state index contributed by atoms with van der Waals surface area (Å²) in [5.41, 5.74) is 0.701. The maximum absolute atomic E-state index is 3.74. The van der Waals surface area contributed by atoms with Gasteiger partial charge < -0.3 is 5.32 Å². The summed E-state index contributed by atoms with van der Waals surface area (Å²) in [6.45, 7) is 12.8. The maximum Gasteiger partial charge on any atom is 0.0130 e. The summed E-state index contributed by atoms with van der Waals surface area (Å²) in [6.07, 6.45) is 2.64. The van der Waals surface area contributed by atoms with E-state index in [0.29, 0.717) is 5.41 Å². The second-order valence-corrected chi connectivity index (χ2v) is 7.88. The van der Waals surface area contributed by atoms with Crippen LogP contribution < -0.4 is 5.32 Å². The zero-order valence-electron chi connectivity index (χ0n) is 11.0. The van der Waals surface area contributed by atoms with E-state index in [4.69, 9.17) is 0 Å². The minimum absolute atomic E-state index is 0.283. The van der Waals surface area contributed by atoms with Crippen LogP contribution >= 0.6 is 11.8 Å². The van der Waals surface area contributed by atoms with Gasteiger partial charge in [-0.1, -0.05) is 20.8 Å². The van der Waals surface area contributed by atoms with Crippen molar-refractivity contribution in [3.05, 3.63) is 0 Å². The Kier molecular flexibility index (Phi) is 4.54. The molecular weight excluding hydrogens is 202 g/mol. The van der Waals surface area contributed by atoms with Crippen molar-refractivity contribution >= 4 is 11.8 Å². The second kappa shape index (κ2) is 5.09. The van der Waals surface area contributed by atoms with E-state index in [1.54, 1.807) is 0 Å². The van der Waals surface area contributed by atoms with E-state index in [1.807, 2.05) is 0 Å². The lowest BCUT2D eigenvalue weighted by Gasteiger charge is -2.34. The number of rotatable bonds is 4. The smallest absolute Gasteiger partial charge is 0.0130 e. The summed E-state index contributed by atoms with van der Waals surface area (Å²) in [5.74, 6) is 3.64. The average molecular weight is 229 g/mol. The highest BCUT2D eigenvalue weighted by atomic mass is 32.2. The van der Waals surface area contributed by atoms with Crippen LogP contribution in [0.3, 0.4) is 0 Å². The fourth-order valence-electron chi connectivity index (χ4n) is 2.55. The molecule has 1 aliphatic heterocycles. The Balaban J connectivity index is 2.28. The molecule has 15 heavy (non-hydrogen) atoms. The summed E-state index contributed by atoms with van der Waals surface area (Å²) < 4.78 is 0. The van der Waals surface area contributed by atoms with Crippen LogP contribution in [-0.2, 0) is 0 Å². The van der Waals surface area contributed by atoms with Crippen LogP contribution in [0.5, 0.6) is 0 Å². The topological polar surface area (TPSA) is 12.0 Å². The Morgan fingerprint density at radius 2 is 1.87 bits per heavy atom. The molecule has 0 radical (unpaired) electrons. The highest BCUT2D eigenvalue weighted by molar-refractivity contribution is 7.99. The van der Waals surface area contributed by atoms with Crippen molar-refractivity contribution in [2.24, 2.45) is 11.3 Å². The Hall–Kier alpha value is 0.310. The fourth-order valence-corrected chi connectivity index (χ4v) is 3.84. The van der Waals surface area contributed by atoms with Crippen LogP contribution in [0.2, 0.25) is 0 Å². The third-order valence-corrected chi connectivity index (χ3v) is 4.10. The Bertz CT molecular complexity index is 187. The van der Waals surface area contributed by atoms with Gasteiger partial charge in [-0.15, -0.1) is 0 Å². The van der Waals surface area contributed by atoms with Gasteiger partial charge in [0, 0.05) is 5.54 Å². The van der Waals surface area contributed by atoms with Crippen LogP contribution in [0.15, 0.2) is 0 Å². The van der Waals surface area contributed by atoms with Crippen molar-refractivity contribution < 1.29 is 0 Å². The largest absolute Gasteiger partial charge is 0.311 e. The Morgan fingerprint density at radius 3 is 2.33 bits per heavy atom. The molecule has 1 rings (SSSR count). The van der Waals surface area contributed by atoms with Crippen LogP contribution in [0.25, 0.3) is 0 Å². The van der Waals surface area contributed by atoms with Gasteiger partial charge in [0.05, 0.1) is 0 Å². The molecule has 1 fully saturated rings. The van der Waals surface area contributed by atoms with Crippen LogP contribution in [0, 0.1) is 11.3 Å². The number of hydrogen-bond donors (Lipinski definition) is 1. The molecule has 1 N–H and O–H groups in total. The third kappa shape index (κ3) is 5.82. The molecule has 90 valence electrons. The van der Waals surface area contributed by atoms with Crippen molar-refractivity contribution in [3.8, 4) is 0 Å². The molecule has 2 heteroatoms. The first kappa shape index (κ1) is 13.4. The number of thioether (sulfide) groups is 1. The quantitative estimate of drug-likeness (QED) is 0.791. The molecule has 0 aromatic heterocycles. The third-order valence-electron chi connectivity index (χ3n) is 2.87. The lowest BCUT2D eigenvalue weighted by Crippen LogP contribution is -2.44. The predicted octanol–water partition coefficient (Wildman–Crippen LogP) is 3.54. The summed E-state index contributed by atoms with van der Waals surface area (Å²) in [6, 6.07) is 0. The summed E-state index contributed by atoms with van der Waals surface area (Å²) in [7, 11) is 0. The van der Waals surface area contributed by atoms with E-state index >= 15 is 0 Å². The summed E-state index contributed by atoms with van der Waals surface area (Å²) >= 11 is 2.11. The molecule has 1 aliphatic rings. The molecular formula is C13H27NS. The van der Waals surface area contributed by atoms with E-state index in [0.717, 1.165) is 5.92 Å². The van der Waals surface area contributed by atoms with Crippen molar-refractivity contribution in [1.29, 1.82) is 0 Å². The molecule has 0 aromatic carbocycles. The molecule has 1 nitrogen and oxygen atoms in total. The molecule has 1 atom stereocenters. The molecule has 1 heterocycles. The normalized spacial score (nSPS) is 23.4. The first-order valence-electron chi connectivity index (χ1n) is 6.11. The minimum atomic E-state index is 0.283. The van der Waals surface area contributed by atoms with E-state index in [9.17, 15) is 0 Å². The second-order valence-electron chi connectivity index (χ2n) is 6.73. The van der Waals surface area contributed by atoms with Crippen LogP contribution in [0.4, 0.5) is 0 Å². The Labute approximate surface area is 99.8 Å². The monoisotopic (exact) mass is 229 g/mol. The number of nitrogens with one attached hydrogen (secondary N) is 1. The zero-order chi connectivity index (χ0) is 11.5. The number of hydrogen-bond acceptors (Lipinski definition) is 2. The highest BCUT2D eigenvalue weighted by Crippen LogP contribution is 2.28. The van der Waals surface area contributed by atoms with Crippen LogP contribution in [-0.4, -0.2) is 23.6 Å². The van der Waals surface area contributed by atoms with Gasteiger partial charge in [0.25, 0.3) is 0 Å². The lowest BCUT2D eigenvalue weighted by molar-refractivity contribution is 0.234. The van der Waals surface area contributed by atoms with E-state index in [-0.39, 0.29) is 5.54 Å².